The van der Waals surface area contributed by atoms with E-state index in [-0.39, 0.29) is 0 Å². The van der Waals surface area contributed by atoms with E-state index >= 15 is 0 Å². The van der Waals surface area contributed by atoms with E-state index in [1.165, 1.54) is 10.8 Å². The van der Waals surface area contributed by atoms with Crippen LogP contribution in [-0.4, -0.2) is 23.9 Å². The molecule has 6 nitrogen and oxygen atoms in total. The van der Waals surface area contributed by atoms with Gasteiger partial charge in [0.25, 0.3) is 0 Å². The Morgan fingerprint density at radius 2 is 0.946 bits per heavy atom. The largest absolute Gasteiger partial charge is 0.456 e. The van der Waals surface area contributed by atoms with Gasteiger partial charge in [0.1, 0.15) is 11.2 Å². The number of hydrogen-bond acceptors (Lipinski definition) is 3. The summed E-state index contributed by atoms with van der Waals surface area (Å²) in [5.74, 6) is 1.48. The van der Waals surface area contributed by atoms with Crippen LogP contribution in [0.5, 0.6) is 0 Å². The quantitative estimate of drug-likeness (QED) is 0.178. The van der Waals surface area contributed by atoms with Gasteiger partial charge in [-0.3, -0.25) is 0 Å². The van der Waals surface area contributed by atoms with Crippen LogP contribution in [0, 0.1) is 0 Å². The molecule has 4 heterocycles. The molecule has 8 aromatic carbocycles. The fraction of sp³-hybridized carbons (Fsp3) is 0. The molecule has 0 bridgehead atoms. The van der Waals surface area contributed by atoms with Crippen LogP contribution in [0.2, 0.25) is 0 Å². The predicted octanol–water partition coefficient (Wildman–Crippen LogP) is 12.7. The molecule has 0 aliphatic carbocycles. The molecule has 56 heavy (non-hydrogen) atoms. The van der Waals surface area contributed by atoms with Gasteiger partial charge in [0, 0.05) is 43.4 Å². The summed E-state index contributed by atoms with van der Waals surface area (Å²) in [5, 5.41) is 11.9. The molecule has 0 unspecified atom stereocenters. The molecule has 0 fully saturated rings. The van der Waals surface area contributed by atoms with Crippen LogP contribution < -0.4 is 0 Å². The van der Waals surface area contributed by atoms with E-state index < -0.39 is 0 Å². The van der Waals surface area contributed by atoms with Crippen molar-refractivity contribution in [2.75, 3.05) is 0 Å². The summed E-state index contributed by atoms with van der Waals surface area (Å²) in [7, 11) is 0. The van der Waals surface area contributed by atoms with Crippen LogP contribution in [0.3, 0.4) is 0 Å². The first-order valence-corrected chi connectivity index (χ1v) is 18.8. The van der Waals surface area contributed by atoms with Gasteiger partial charge in [-0.15, -0.1) is 5.10 Å². The van der Waals surface area contributed by atoms with Gasteiger partial charge in [-0.2, -0.15) is 0 Å². The van der Waals surface area contributed by atoms with Crippen molar-refractivity contribution in [1.82, 2.24) is 23.9 Å². The second-order valence-corrected chi connectivity index (χ2v) is 14.3. The average molecular weight is 718 g/mol. The molecule has 0 saturated carbocycles. The fourth-order valence-corrected chi connectivity index (χ4v) is 8.62. The summed E-state index contributed by atoms with van der Waals surface area (Å²) in [6, 6.07) is 66.0. The lowest BCUT2D eigenvalue weighted by molar-refractivity contribution is 0.669. The van der Waals surface area contributed by atoms with Gasteiger partial charge < -0.3 is 13.6 Å². The molecule has 0 aliphatic heterocycles. The molecule has 12 rings (SSSR count). The summed E-state index contributed by atoms with van der Waals surface area (Å²) < 4.78 is 13.2. The summed E-state index contributed by atoms with van der Waals surface area (Å²) >= 11 is 0. The third-order valence-electron chi connectivity index (χ3n) is 11.1. The Kier molecular flexibility index (Phi) is 6.53. The molecule has 12 aromatic rings. The van der Waals surface area contributed by atoms with Crippen molar-refractivity contribution in [3.8, 4) is 39.8 Å². The lowest BCUT2D eigenvalue weighted by Gasteiger charge is -2.16. The standard InChI is InChI=1S/C50H31N5O/c1-3-15-32(16-4-1)49-51-50(55(52-49)34-17-5-2-6-18-34)33-27-28-43-38(29-33)35-19-7-10-22-41(35)53(43)44-24-12-13-25-45(44)54-42-23-11-8-20-36(42)39-31-48-40(30-46(39)54)37-21-9-14-26-47(37)56-48/h1-31H. The van der Waals surface area contributed by atoms with Gasteiger partial charge in [0.05, 0.1) is 39.1 Å². The monoisotopic (exact) mass is 717 g/mol. The van der Waals surface area contributed by atoms with Gasteiger partial charge in [-0.25, -0.2) is 9.67 Å². The van der Waals surface area contributed by atoms with Crippen molar-refractivity contribution in [2.24, 2.45) is 0 Å². The number of furan rings is 1. The summed E-state index contributed by atoms with van der Waals surface area (Å²) in [4.78, 5) is 5.16. The highest BCUT2D eigenvalue weighted by Gasteiger charge is 2.22. The topological polar surface area (TPSA) is 53.7 Å². The maximum atomic E-state index is 6.38. The molecule has 0 radical (unpaired) electrons. The minimum atomic E-state index is 0.688. The van der Waals surface area contributed by atoms with Crippen LogP contribution >= 0.6 is 0 Å². The molecule has 0 N–H and O–H groups in total. The summed E-state index contributed by atoms with van der Waals surface area (Å²) in [6.45, 7) is 0. The van der Waals surface area contributed by atoms with Crippen molar-refractivity contribution >= 4 is 65.6 Å². The lowest BCUT2D eigenvalue weighted by atomic mass is 10.1. The Balaban J connectivity index is 1.10. The zero-order valence-corrected chi connectivity index (χ0v) is 30.0. The molecule has 4 aromatic heterocycles. The van der Waals surface area contributed by atoms with Crippen LogP contribution in [0.15, 0.2) is 192 Å². The van der Waals surface area contributed by atoms with Crippen molar-refractivity contribution in [1.29, 1.82) is 0 Å². The highest BCUT2D eigenvalue weighted by molar-refractivity contribution is 6.17. The Morgan fingerprint density at radius 1 is 0.375 bits per heavy atom. The maximum Gasteiger partial charge on any atom is 0.182 e. The highest BCUT2D eigenvalue weighted by Crippen LogP contribution is 2.41. The van der Waals surface area contributed by atoms with Crippen molar-refractivity contribution in [3.63, 3.8) is 0 Å². The van der Waals surface area contributed by atoms with E-state index in [4.69, 9.17) is 14.5 Å². The van der Waals surface area contributed by atoms with Crippen LogP contribution in [0.4, 0.5) is 0 Å². The third kappa shape index (κ3) is 4.50. The number of benzene rings is 8. The molecular weight excluding hydrogens is 687 g/mol. The molecule has 0 amide bonds. The molecule has 0 saturated heterocycles. The molecular formula is C50H31N5O. The van der Waals surface area contributed by atoms with E-state index in [9.17, 15) is 0 Å². The summed E-state index contributed by atoms with van der Waals surface area (Å²) in [5.41, 5.74) is 11.4. The van der Waals surface area contributed by atoms with Crippen LogP contribution in [0.1, 0.15) is 0 Å². The number of hydrogen-bond donors (Lipinski definition) is 0. The molecule has 0 spiro atoms. The number of fused-ring (bicyclic) bond motifs is 9. The lowest BCUT2D eigenvalue weighted by Crippen LogP contribution is -2.03. The zero-order valence-electron chi connectivity index (χ0n) is 30.0. The minimum absolute atomic E-state index is 0.688. The van der Waals surface area contributed by atoms with E-state index in [0.717, 1.165) is 88.8 Å². The Bertz CT molecular complexity index is 3480. The number of rotatable bonds is 5. The number of para-hydroxylation sites is 6. The smallest absolute Gasteiger partial charge is 0.182 e. The Labute approximate surface area is 320 Å². The van der Waals surface area contributed by atoms with Gasteiger partial charge in [0.2, 0.25) is 0 Å². The zero-order chi connectivity index (χ0) is 36.7. The first-order valence-electron chi connectivity index (χ1n) is 18.8. The molecule has 0 atom stereocenters. The van der Waals surface area contributed by atoms with Crippen molar-refractivity contribution in [3.05, 3.63) is 188 Å². The Morgan fingerprint density at radius 3 is 1.68 bits per heavy atom. The SMILES string of the molecule is c1ccc(-c2nc(-c3ccc4c(c3)c3ccccc3n4-c3ccccc3-n3c4ccccc4c4cc5oc6ccccc6c5cc43)n(-c3ccccc3)n2)cc1. The Hall–Kier alpha value is -7.70. The van der Waals surface area contributed by atoms with E-state index in [1.54, 1.807) is 0 Å². The van der Waals surface area contributed by atoms with Gasteiger partial charge in [-0.1, -0.05) is 115 Å². The van der Waals surface area contributed by atoms with Crippen molar-refractivity contribution in [2.45, 2.75) is 0 Å². The fourth-order valence-electron chi connectivity index (χ4n) is 8.62. The maximum absolute atomic E-state index is 6.38. The van der Waals surface area contributed by atoms with Crippen LogP contribution in [0.25, 0.3) is 105 Å². The first kappa shape index (κ1) is 30.7. The van der Waals surface area contributed by atoms with Gasteiger partial charge in [-0.05, 0) is 72.8 Å². The first-order chi connectivity index (χ1) is 27.8. The minimum Gasteiger partial charge on any atom is -0.456 e. The molecule has 6 heteroatoms. The van der Waals surface area contributed by atoms with E-state index in [0.29, 0.717) is 5.82 Å². The van der Waals surface area contributed by atoms with E-state index in [1.807, 2.05) is 53.2 Å². The van der Waals surface area contributed by atoms with E-state index in [2.05, 4.69) is 149 Å². The molecule has 262 valence electrons. The number of aromatic nitrogens is 5. The second-order valence-electron chi connectivity index (χ2n) is 14.3. The predicted molar refractivity (Wildman–Crippen MR) is 228 cm³/mol. The second kappa shape index (κ2) is 11.9. The average Bonchev–Trinajstić information content (AvgIpc) is 4.03. The highest BCUT2D eigenvalue weighted by atomic mass is 16.3. The molecule has 0 aliphatic rings. The normalized spacial score (nSPS) is 11.9. The third-order valence-corrected chi connectivity index (χ3v) is 11.1. The van der Waals surface area contributed by atoms with Gasteiger partial charge in [0.15, 0.2) is 11.6 Å². The van der Waals surface area contributed by atoms with Crippen molar-refractivity contribution < 1.29 is 4.42 Å². The number of nitrogens with zero attached hydrogens (tertiary/aromatic N) is 5. The van der Waals surface area contributed by atoms with Gasteiger partial charge >= 0.3 is 0 Å². The van der Waals surface area contributed by atoms with Crippen LogP contribution in [-0.2, 0) is 0 Å². The summed E-state index contributed by atoms with van der Waals surface area (Å²) in [6.07, 6.45) is 0.